The minimum absolute atomic E-state index is 0.144. The average molecular weight is 304 g/mol. The summed E-state index contributed by atoms with van der Waals surface area (Å²) in [6.07, 6.45) is 0.929. The molecule has 0 radical (unpaired) electrons. The Labute approximate surface area is 123 Å². The number of hydrogen-bond acceptors (Lipinski definition) is 5. The van der Waals surface area contributed by atoms with Gasteiger partial charge in [0.1, 0.15) is 5.75 Å². The van der Waals surface area contributed by atoms with Gasteiger partial charge in [-0.05, 0) is 24.1 Å². The fourth-order valence-corrected chi connectivity index (χ4v) is 3.97. The summed E-state index contributed by atoms with van der Waals surface area (Å²) >= 11 is 2.52. The van der Waals surface area contributed by atoms with E-state index in [-0.39, 0.29) is 10.7 Å². The maximum absolute atomic E-state index is 11.4. The van der Waals surface area contributed by atoms with Crippen molar-refractivity contribution in [3.8, 4) is 5.75 Å². The topological polar surface area (TPSA) is 50.4 Å². The van der Waals surface area contributed by atoms with Gasteiger partial charge in [0.25, 0.3) is 0 Å². The number of rotatable bonds is 3. The van der Waals surface area contributed by atoms with Gasteiger partial charge in [-0.1, -0.05) is 48.2 Å². The van der Waals surface area contributed by atoms with Crippen LogP contribution in [-0.4, -0.2) is 5.11 Å². The fourth-order valence-electron chi connectivity index (χ4n) is 2.02. The van der Waals surface area contributed by atoms with Crippen molar-refractivity contribution in [1.29, 1.82) is 0 Å². The van der Waals surface area contributed by atoms with Gasteiger partial charge in [0.2, 0.25) is 0 Å². The Bertz CT molecular complexity index is 817. The molecule has 3 nitrogen and oxygen atoms in total. The van der Waals surface area contributed by atoms with Crippen LogP contribution in [0.4, 0.5) is 0 Å². The molecule has 0 saturated heterocycles. The Hall–Kier alpha value is -1.72. The molecule has 102 valence electrons. The van der Waals surface area contributed by atoms with Crippen LogP contribution in [0.2, 0.25) is 0 Å². The number of phenols is 1. The first-order valence-corrected chi connectivity index (χ1v) is 7.83. The first kappa shape index (κ1) is 13.3. The predicted octanol–water partition coefficient (Wildman–Crippen LogP) is 4.27. The predicted molar refractivity (Wildman–Crippen MR) is 82.0 cm³/mol. The minimum Gasteiger partial charge on any atom is -0.508 e. The third-order valence-electron chi connectivity index (χ3n) is 2.96. The Morgan fingerprint density at radius 1 is 1.25 bits per heavy atom. The van der Waals surface area contributed by atoms with E-state index in [2.05, 4.69) is 13.0 Å². The molecule has 0 fully saturated rings. The molecule has 3 rings (SSSR count). The van der Waals surface area contributed by atoms with E-state index in [0.29, 0.717) is 10.3 Å². The van der Waals surface area contributed by atoms with Gasteiger partial charge in [0.15, 0.2) is 5.58 Å². The van der Waals surface area contributed by atoms with Gasteiger partial charge in [-0.2, -0.15) is 0 Å². The molecule has 0 amide bonds. The van der Waals surface area contributed by atoms with Crippen LogP contribution < -0.4 is 4.94 Å². The second-order valence-corrected chi connectivity index (χ2v) is 6.35. The van der Waals surface area contributed by atoms with E-state index in [1.165, 1.54) is 17.3 Å². The first-order chi connectivity index (χ1) is 9.67. The number of phenolic OH excluding ortho intramolecular Hbond substituents is 1. The van der Waals surface area contributed by atoms with Crippen molar-refractivity contribution in [2.45, 2.75) is 23.1 Å². The summed E-state index contributed by atoms with van der Waals surface area (Å²) in [6.45, 7) is 2.10. The normalized spacial score (nSPS) is 11.1. The van der Waals surface area contributed by atoms with E-state index in [4.69, 9.17) is 4.42 Å². The molecule has 0 unspecified atom stereocenters. The van der Waals surface area contributed by atoms with Gasteiger partial charge in [-0.25, -0.2) is 4.79 Å². The molecule has 0 aliphatic heterocycles. The summed E-state index contributed by atoms with van der Waals surface area (Å²) in [6, 6.07) is 11.3. The monoisotopic (exact) mass is 304 g/mol. The number of benzene rings is 2. The lowest BCUT2D eigenvalue weighted by molar-refractivity contribution is 0.474. The molecular formula is C15H12O3S2. The molecule has 0 saturated carbocycles. The average Bonchev–Trinajstić information content (AvgIpc) is 2.79. The molecule has 2 aromatic carbocycles. The highest BCUT2D eigenvalue weighted by molar-refractivity contribution is 7.99. The summed E-state index contributed by atoms with van der Waals surface area (Å²) in [5.41, 5.74) is 1.78. The van der Waals surface area contributed by atoms with Crippen LogP contribution in [0.15, 0.2) is 55.4 Å². The van der Waals surface area contributed by atoms with E-state index in [1.54, 1.807) is 12.1 Å². The lowest BCUT2D eigenvalue weighted by Crippen LogP contribution is -1.85. The maximum atomic E-state index is 11.4. The van der Waals surface area contributed by atoms with Gasteiger partial charge in [0, 0.05) is 11.0 Å². The SMILES string of the molecule is CCc1ccccc1Sc1cc(O)cc2sc(=O)oc12. The van der Waals surface area contributed by atoms with Crippen LogP contribution in [0, 0.1) is 0 Å². The van der Waals surface area contributed by atoms with E-state index in [1.807, 2.05) is 18.2 Å². The molecule has 0 spiro atoms. The standard InChI is InChI=1S/C15H12O3S2/c1-2-9-5-3-4-6-11(9)19-12-7-10(16)8-13-14(12)18-15(17)20-13/h3-8,16H,2H2,1H3. The number of hydrogen-bond donors (Lipinski definition) is 1. The van der Waals surface area contributed by atoms with Crippen LogP contribution in [0.1, 0.15) is 12.5 Å². The summed E-state index contributed by atoms with van der Waals surface area (Å²) in [5, 5.41) is 9.77. The Balaban J connectivity index is 2.12. The van der Waals surface area contributed by atoms with E-state index in [9.17, 15) is 9.90 Å². The number of aromatic hydroxyl groups is 1. The highest BCUT2D eigenvalue weighted by Crippen LogP contribution is 2.38. The van der Waals surface area contributed by atoms with Crippen LogP contribution in [0.3, 0.4) is 0 Å². The maximum Gasteiger partial charge on any atom is 0.396 e. The van der Waals surface area contributed by atoms with Crippen LogP contribution >= 0.6 is 23.1 Å². The Morgan fingerprint density at radius 3 is 2.85 bits per heavy atom. The van der Waals surface area contributed by atoms with E-state index in [0.717, 1.165) is 27.5 Å². The third-order valence-corrected chi connectivity index (χ3v) is 4.87. The van der Waals surface area contributed by atoms with Crippen molar-refractivity contribution >= 4 is 33.4 Å². The number of fused-ring (bicyclic) bond motifs is 1. The lowest BCUT2D eigenvalue weighted by atomic mass is 10.2. The first-order valence-electron chi connectivity index (χ1n) is 6.20. The van der Waals surface area contributed by atoms with Crippen LogP contribution in [0.25, 0.3) is 10.3 Å². The fraction of sp³-hybridized carbons (Fsp3) is 0.133. The summed E-state index contributed by atoms with van der Waals surface area (Å²) < 4.78 is 5.90. The second kappa shape index (κ2) is 5.34. The molecule has 3 aromatic rings. The van der Waals surface area contributed by atoms with E-state index >= 15 is 0 Å². The van der Waals surface area contributed by atoms with Crippen molar-refractivity contribution in [3.63, 3.8) is 0 Å². The van der Waals surface area contributed by atoms with Crippen LogP contribution in [0.5, 0.6) is 5.75 Å². The van der Waals surface area contributed by atoms with Gasteiger partial charge in [0.05, 0.1) is 9.60 Å². The minimum atomic E-state index is -0.351. The van der Waals surface area contributed by atoms with E-state index < -0.39 is 0 Å². The van der Waals surface area contributed by atoms with Gasteiger partial charge < -0.3 is 9.52 Å². The highest BCUT2D eigenvalue weighted by Gasteiger charge is 2.12. The van der Waals surface area contributed by atoms with Gasteiger partial charge >= 0.3 is 4.94 Å². The quantitative estimate of drug-likeness (QED) is 0.785. The Morgan fingerprint density at radius 2 is 2.05 bits per heavy atom. The van der Waals surface area contributed by atoms with Gasteiger partial charge in [-0.15, -0.1) is 0 Å². The lowest BCUT2D eigenvalue weighted by Gasteiger charge is -2.07. The molecule has 0 bridgehead atoms. The number of aryl methyl sites for hydroxylation is 1. The summed E-state index contributed by atoms with van der Waals surface area (Å²) in [5.74, 6) is 0.144. The van der Waals surface area contributed by atoms with Crippen molar-refractivity contribution < 1.29 is 9.52 Å². The smallest absolute Gasteiger partial charge is 0.396 e. The molecule has 1 N–H and O–H groups in total. The van der Waals surface area contributed by atoms with Crippen molar-refractivity contribution in [2.24, 2.45) is 0 Å². The molecule has 0 aliphatic rings. The van der Waals surface area contributed by atoms with Crippen molar-refractivity contribution in [1.82, 2.24) is 0 Å². The molecule has 5 heteroatoms. The molecular weight excluding hydrogens is 292 g/mol. The molecule has 20 heavy (non-hydrogen) atoms. The molecule has 0 aliphatic carbocycles. The van der Waals surface area contributed by atoms with Crippen molar-refractivity contribution in [2.75, 3.05) is 0 Å². The zero-order valence-corrected chi connectivity index (χ0v) is 12.4. The van der Waals surface area contributed by atoms with Crippen LogP contribution in [-0.2, 0) is 6.42 Å². The second-order valence-electron chi connectivity index (χ2n) is 4.29. The molecule has 0 atom stereocenters. The summed E-state index contributed by atoms with van der Waals surface area (Å²) in [4.78, 5) is 12.9. The highest BCUT2D eigenvalue weighted by atomic mass is 32.2. The molecule has 1 aromatic heterocycles. The van der Waals surface area contributed by atoms with Gasteiger partial charge in [-0.3, -0.25) is 0 Å². The summed E-state index contributed by atoms with van der Waals surface area (Å²) in [7, 11) is 0. The zero-order chi connectivity index (χ0) is 14.1. The zero-order valence-electron chi connectivity index (χ0n) is 10.8. The third kappa shape index (κ3) is 2.46. The molecule has 1 heterocycles. The Kier molecular flexibility index (Phi) is 3.54. The largest absolute Gasteiger partial charge is 0.508 e. The van der Waals surface area contributed by atoms with Crippen molar-refractivity contribution in [3.05, 3.63) is 51.7 Å².